The second-order valence-corrected chi connectivity index (χ2v) is 9.93. The van der Waals surface area contributed by atoms with Crippen molar-refractivity contribution in [1.29, 1.82) is 5.26 Å². The van der Waals surface area contributed by atoms with Gasteiger partial charge in [-0.2, -0.15) is 5.26 Å². The number of hydrogen-bond acceptors (Lipinski definition) is 6. The summed E-state index contributed by atoms with van der Waals surface area (Å²) in [6, 6.07) is 14.5. The van der Waals surface area contributed by atoms with Gasteiger partial charge in [0.2, 0.25) is 0 Å². The number of nitro benzene ring substituents is 1. The number of carbonyl (C=O) groups excluding carboxylic acids is 1. The van der Waals surface area contributed by atoms with Crippen LogP contribution in [0.1, 0.15) is 61.4 Å². The second kappa shape index (κ2) is 10.4. The lowest BCUT2D eigenvalue weighted by atomic mass is 9.80. The van der Waals surface area contributed by atoms with Crippen LogP contribution in [0.5, 0.6) is 0 Å². The van der Waals surface area contributed by atoms with Crippen molar-refractivity contribution in [2.45, 2.75) is 50.9 Å². The molecule has 1 saturated heterocycles. The van der Waals surface area contributed by atoms with Gasteiger partial charge in [0.1, 0.15) is 5.69 Å². The highest BCUT2D eigenvalue weighted by Crippen LogP contribution is 2.40. The van der Waals surface area contributed by atoms with E-state index in [1.54, 1.807) is 12.1 Å². The van der Waals surface area contributed by atoms with Gasteiger partial charge >= 0.3 is 0 Å². The van der Waals surface area contributed by atoms with Crippen molar-refractivity contribution in [3.05, 3.63) is 63.7 Å². The normalized spacial score (nSPS) is 17.4. The van der Waals surface area contributed by atoms with Crippen molar-refractivity contribution in [3.63, 3.8) is 0 Å². The van der Waals surface area contributed by atoms with Crippen LogP contribution in [0.25, 0.3) is 0 Å². The van der Waals surface area contributed by atoms with Crippen LogP contribution in [-0.2, 0) is 5.41 Å². The van der Waals surface area contributed by atoms with Gasteiger partial charge in [-0.15, -0.1) is 0 Å². The van der Waals surface area contributed by atoms with Crippen LogP contribution in [0.3, 0.4) is 0 Å². The Kier molecular flexibility index (Phi) is 7.31. The van der Waals surface area contributed by atoms with E-state index in [0.717, 1.165) is 57.2 Å². The maximum atomic E-state index is 12.7. The Bertz CT molecular complexity index is 1160. The quantitative estimate of drug-likeness (QED) is 0.332. The fourth-order valence-electron chi connectivity index (χ4n) is 4.98. The molecular weight excluding hydrogens is 462 g/mol. The number of nitro groups is 1. The van der Waals surface area contributed by atoms with Gasteiger partial charge in [-0.3, -0.25) is 20.2 Å². The molecule has 0 unspecified atom stereocenters. The molecule has 4 rings (SSSR count). The smallest absolute Gasteiger partial charge is 0.293 e. The Morgan fingerprint density at radius 3 is 2.43 bits per heavy atom. The molecule has 9 heteroatoms. The number of hydrogen-bond donors (Lipinski definition) is 2. The van der Waals surface area contributed by atoms with Crippen LogP contribution >= 0.6 is 12.2 Å². The van der Waals surface area contributed by atoms with Crippen LogP contribution in [-0.4, -0.2) is 29.0 Å². The van der Waals surface area contributed by atoms with Crippen molar-refractivity contribution in [2.75, 3.05) is 23.3 Å². The minimum absolute atomic E-state index is 0.0833. The third-order valence-corrected chi connectivity index (χ3v) is 7.36. The van der Waals surface area contributed by atoms with Gasteiger partial charge in [-0.05, 0) is 73.6 Å². The first-order chi connectivity index (χ1) is 16.8. The maximum Gasteiger partial charge on any atom is 0.293 e. The number of amides is 1. The number of rotatable bonds is 5. The first kappa shape index (κ1) is 24.6. The third kappa shape index (κ3) is 5.43. The minimum atomic E-state index is -0.518. The van der Waals surface area contributed by atoms with E-state index in [-0.39, 0.29) is 16.4 Å². The van der Waals surface area contributed by atoms with Crippen LogP contribution < -0.4 is 15.5 Å². The summed E-state index contributed by atoms with van der Waals surface area (Å²) < 4.78 is 0. The summed E-state index contributed by atoms with van der Waals surface area (Å²) in [5.41, 5.74) is 1.89. The molecule has 0 spiro atoms. The number of nitriles is 1. The predicted octanol–water partition coefficient (Wildman–Crippen LogP) is 5.29. The molecule has 35 heavy (non-hydrogen) atoms. The summed E-state index contributed by atoms with van der Waals surface area (Å²) in [5.74, 6) is 0.0886. The number of nitrogens with zero attached hydrogens (tertiary/aromatic N) is 3. The number of carbonyl (C=O) groups is 1. The van der Waals surface area contributed by atoms with E-state index in [1.807, 2.05) is 29.2 Å². The number of thiocarbonyl (C=S) groups is 1. The molecule has 1 aliphatic heterocycles. The van der Waals surface area contributed by atoms with Gasteiger partial charge in [0, 0.05) is 30.4 Å². The fourth-order valence-corrected chi connectivity index (χ4v) is 5.19. The first-order valence-electron chi connectivity index (χ1n) is 12.0. The minimum Gasteiger partial charge on any atom is -0.366 e. The molecule has 2 N–H and O–H groups in total. The topological polar surface area (TPSA) is 111 Å². The Morgan fingerprint density at radius 1 is 1.17 bits per heavy atom. The summed E-state index contributed by atoms with van der Waals surface area (Å²) in [5, 5.41) is 27.1. The lowest BCUT2D eigenvalue weighted by molar-refractivity contribution is -0.384. The molecule has 2 aromatic carbocycles. The molecular formula is C26H29N5O3S. The Morgan fingerprint density at radius 2 is 1.83 bits per heavy atom. The Balaban J connectivity index is 1.41. The zero-order valence-corrected chi connectivity index (χ0v) is 20.6. The molecule has 0 bridgehead atoms. The fraction of sp³-hybridized carbons (Fsp3) is 0.423. The van der Waals surface area contributed by atoms with E-state index >= 15 is 0 Å². The van der Waals surface area contributed by atoms with Gasteiger partial charge in [0.05, 0.1) is 16.4 Å². The molecule has 1 amide bonds. The third-order valence-electron chi connectivity index (χ3n) is 7.15. The van der Waals surface area contributed by atoms with Gasteiger partial charge in [0.15, 0.2) is 5.11 Å². The molecule has 2 aromatic rings. The first-order valence-corrected chi connectivity index (χ1v) is 12.4. The SMILES string of the molecule is CC1CCN(c2ccc(C(=O)NC(=S)Nc3ccc(C4(C#N)CCCC4)cc3)cc2[N+](=O)[O-])CC1. The summed E-state index contributed by atoms with van der Waals surface area (Å²) in [6.07, 6.45) is 5.81. The van der Waals surface area contributed by atoms with Gasteiger partial charge in [-0.25, -0.2) is 0 Å². The Labute approximate surface area is 210 Å². The predicted molar refractivity (Wildman–Crippen MR) is 140 cm³/mol. The highest BCUT2D eigenvalue weighted by Gasteiger charge is 2.35. The standard InChI is InChI=1S/C26H29N5O3S/c1-18-10-14-30(15-11-18)22-9-4-19(16-23(22)31(33)34)24(32)29-25(35)28-21-7-5-20(6-8-21)26(17-27)12-2-3-13-26/h4-9,16,18H,2-3,10-15H2,1H3,(H2,28,29,32,35). The van der Waals surface area contributed by atoms with Gasteiger partial charge < -0.3 is 10.2 Å². The average Bonchev–Trinajstić information content (AvgIpc) is 3.35. The molecule has 0 atom stereocenters. The van der Waals surface area contributed by atoms with Crippen LogP contribution in [0, 0.1) is 27.4 Å². The van der Waals surface area contributed by atoms with E-state index in [0.29, 0.717) is 17.3 Å². The maximum absolute atomic E-state index is 12.7. The molecule has 2 aliphatic rings. The molecule has 2 fully saturated rings. The van der Waals surface area contributed by atoms with Gasteiger partial charge in [0.25, 0.3) is 11.6 Å². The van der Waals surface area contributed by atoms with E-state index < -0.39 is 16.2 Å². The van der Waals surface area contributed by atoms with Crippen molar-refractivity contribution in [3.8, 4) is 6.07 Å². The van der Waals surface area contributed by atoms with Crippen LogP contribution in [0.15, 0.2) is 42.5 Å². The summed E-state index contributed by atoms with van der Waals surface area (Å²) in [6.45, 7) is 3.70. The zero-order chi connectivity index (χ0) is 25.0. The van der Waals surface area contributed by atoms with Crippen molar-refractivity contribution in [1.82, 2.24) is 5.32 Å². The van der Waals surface area contributed by atoms with Crippen molar-refractivity contribution >= 4 is 40.3 Å². The van der Waals surface area contributed by atoms with Crippen LogP contribution in [0.2, 0.25) is 0 Å². The number of piperidine rings is 1. The zero-order valence-electron chi connectivity index (χ0n) is 19.8. The second-order valence-electron chi connectivity index (χ2n) is 9.52. The average molecular weight is 492 g/mol. The number of nitrogens with one attached hydrogen (secondary N) is 2. The summed E-state index contributed by atoms with van der Waals surface area (Å²) >= 11 is 5.28. The van der Waals surface area contributed by atoms with Crippen LogP contribution in [0.4, 0.5) is 17.1 Å². The molecule has 182 valence electrons. The highest BCUT2D eigenvalue weighted by molar-refractivity contribution is 7.80. The van der Waals surface area contributed by atoms with Crippen molar-refractivity contribution in [2.24, 2.45) is 5.92 Å². The molecule has 1 saturated carbocycles. The highest BCUT2D eigenvalue weighted by atomic mass is 32.1. The van der Waals surface area contributed by atoms with E-state index in [1.165, 1.54) is 6.07 Å². The lowest BCUT2D eigenvalue weighted by Gasteiger charge is -2.31. The monoisotopic (exact) mass is 491 g/mol. The van der Waals surface area contributed by atoms with Gasteiger partial charge in [-0.1, -0.05) is 31.9 Å². The number of benzene rings is 2. The molecule has 0 aromatic heterocycles. The molecule has 1 aliphatic carbocycles. The number of anilines is 2. The Hall–Kier alpha value is -3.51. The van der Waals surface area contributed by atoms with E-state index in [9.17, 15) is 20.2 Å². The molecule has 0 radical (unpaired) electrons. The lowest BCUT2D eigenvalue weighted by Crippen LogP contribution is -2.35. The molecule has 8 nitrogen and oxygen atoms in total. The van der Waals surface area contributed by atoms with Crippen molar-refractivity contribution < 1.29 is 9.72 Å². The summed E-state index contributed by atoms with van der Waals surface area (Å²) in [4.78, 5) is 26.0. The summed E-state index contributed by atoms with van der Waals surface area (Å²) in [7, 11) is 0. The van der Waals surface area contributed by atoms with E-state index in [2.05, 4.69) is 23.6 Å². The largest absolute Gasteiger partial charge is 0.366 e. The van der Waals surface area contributed by atoms with E-state index in [4.69, 9.17) is 12.2 Å². The molecule has 1 heterocycles.